The maximum absolute atomic E-state index is 12.2. The van der Waals surface area contributed by atoms with Crippen LogP contribution in [0.2, 0.25) is 0 Å². The topological polar surface area (TPSA) is 76.0 Å². The molecule has 0 radical (unpaired) electrons. The van der Waals surface area contributed by atoms with Gasteiger partial charge in [-0.1, -0.05) is 19.8 Å². The van der Waals surface area contributed by atoms with E-state index in [1.807, 2.05) is 0 Å². The first-order chi connectivity index (χ1) is 10.1. The molecule has 0 bridgehead atoms. The SMILES string of the molecule is CCNCCCn1cc(S(=O)(=O)NCC2CCCC2)cn1. The van der Waals surface area contributed by atoms with Crippen LogP contribution in [0.5, 0.6) is 0 Å². The van der Waals surface area contributed by atoms with E-state index < -0.39 is 10.0 Å². The Balaban J connectivity index is 1.83. The van der Waals surface area contributed by atoms with Gasteiger partial charge in [-0.3, -0.25) is 4.68 Å². The lowest BCUT2D eigenvalue weighted by atomic mass is 10.1. The van der Waals surface area contributed by atoms with Crippen molar-refractivity contribution in [3.8, 4) is 0 Å². The second-order valence-corrected chi connectivity index (χ2v) is 7.42. The number of rotatable bonds is 9. The Morgan fingerprint density at radius 3 is 2.86 bits per heavy atom. The van der Waals surface area contributed by atoms with Gasteiger partial charge in [0, 0.05) is 19.3 Å². The molecule has 2 N–H and O–H groups in total. The molecule has 0 unspecified atom stereocenters. The van der Waals surface area contributed by atoms with Gasteiger partial charge in [0.05, 0.1) is 6.20 Å². The molecule has 7 heteroatoms. The fourth-order valence-electron chi connectivity index (χ4n) is 2.67. The highest BCUT2D eigenvalue weighted by Gasteiger charge is 2.20. The number of aryl methyl sites for hydroxylation is 1. The fourth-order valence-corrected chi connectivity index (χ4v) is 3.74. The Labute approximate surface area is 127 Å². The molecular weight excluding hydrogens is 288 g/mol. The number of hydrogen-bond acceptors (Lipinski definition) is 4. The Bertz CT molecular complexity index is 521. The van der Waals surface area contributed by atoms with E-state index in [2.05, 4.69) is 22.1 Å². The molecule has 0 saturated heterocycles. The molecule has 1 aromatic heterocycles. The van der Waals surface area contributed by atoms with Gasteiger partial charge in [0.15, 0.2) is 0 Å². The summed E-state index contributed by atoms with van der Waals surface area (Å²) in [6, 6.07) is 0. The summed E-state index contributed by atoms with van der Waals surface area (Å²) in [5.41, 5.74) is 0. The van der Waals surface area contributed by atoms with E-state index in [1.54, 1.807) is 10.9 Å². The molecule has 21 heavy (non-hydrogen) atoms. The zero-order valence-electron chi connectivity index (χ0n) is 12.7. The molecule has 1 saturated carbocycles. The normalized spacial score (nSPS) is 16.6. The predicted octanol–water partition coefficient (Wildman–Crippen LogP) is 1.35. The first kappa shape index (κ1) is 16.5. The van der Waals surface area contributed by atoms with E-state index in [0.717, 1.165) is 38.9 Å². The molecule has 2 rings (SSSR count). The van der Waals surface area contributed by atoms with Crippen LogP contribution in [0.3, 0.4) is 0 Å². The highest BCUT2D eigenvalue weighted by molar-refractivity contribution is 7.89. The van der Waals surface area contributed by atoms with Crippen LogP contribution in [0, 0.1) is 5.92 Å². The summed E-state index contributed by atoms with van der Waals surface area (Å²) in [4.78, 5) is 0.268. The summed E-state index contributed by atoms with van der Waals surface area (Å²) in [6.07, 6.45) is 8.68. The Kier molecular flexibility index (Phi) is 6.20. The third kappa shape index (κ3) is 5.09. The van der Waals surface area contributed by atoms with E-state index >= 15 is 0 Å². The lowest BCUT2D eigenvalue weighted by Gasteiger charge is -2.09. The summed E-state index contributed by atoms with van der Waals surface area (Å²) >= 11 is 0. The molecule has 0 spiro atoms. The van der Waals surface area contributed by atoms with Crippen molar-refractivity contribution in [2.45, 2.75) is 50.5 Å². The number of nitrogens with one attached hydrogen (secondary N) is 2. The zero-order chi connectivity index (χ0) is 15.1. The summed E-state index contributed by atoms with van der Waals surface area (Å²) in [7, 11) is -3.41. The minimum atomic E-state index is -3.41. The third-order valence-electron chi connectivity index (χ3n) is 3.95. The highest BCUT2D eigenvalue weighted by Crippen LogP contribution is 2.24. The maximum Gasteiger partial charge on any atom is 0.243 e. The Hall–Kier alpha value is -0.920. The van der Waals surface area contributed by atoms with Crippen LogP contribution >= 0.6 is 0 Å². The van der Waals surface area contributed by atoms with Gasteiger partial charge >= 0.3 is 0 Å². The average molecular weight is 314 g/mol. The van der Waals surface area contributed by atoms with Gasteiger partial charge in [0.1, 0.15) is 4.90 Å². The molecule has 1 heterocycles. The lowest BCUT2D eigenvalue weighted by molar-refractivity contribution is 0.519. The van der Waals surface area contributed by atoms with E-state index in [-0.39, 0.29) is 4.90 Å². The van der Waals surface area contributed by atoms with E-state index in [4.69, 9.17) is 0 Å². The van der Waals surface area contributed by atoms with Crippen molar-refractivity contribution in [1.82, 2.24) is 19.8 Å². The summed E-state index contributed by atoms with van der Waals surface area (Å²) in [6.45, 7) is 5.20. The first-order valence-corrected chi connectivity index (χ1v) is 9.33. The van der Waals surface area contributed by atoms with Crippen molar-refractivity contribution in [1.29, 1.82) is 0 Å². The van der Waals surface area contributed by atoms with Crippen molar-refractivity contribution < 1.29 is 8.42 Å². The van der Waals surface area contributed by atoms with Gasteiger partial charge in [0.2, 0.25) is 10.0 Å². The number of hydrogen-bond donors (Lipinski definition) is 2. The van der Waals surface area contributed by atoms with Gasteiger partial charge in [-0.15, -0.1) is 0 Å². The number of aromatic nitrogens is 2. The first-order valence-electron chi connectivity index (χ1n) is 7.84. The van der Waals surface area contributed by atoms with Crippen molar-refractivity contribution in [2.75, 3.05) is 19.6 Å². The summed E-state index contributed by atoms with van der Waals surface area (Å²) < 4.78 is 28.8. The monoisotopic (exact) mass is 314 g/mol. The minimum Gasteiger partial charge on any atom is -0.317 e. The number of nitrogens with zero attached hydrogens (tertiary/aromatic N) is 2. The average Bonchev–Trinajstić information content (AvgIpc) is 3.13. The molecule has 1 aliphatic carbocycles. The highest BCUT2D eigenvalue weighted by atomic mass is 32.2. The minimum absolute atomic E-state index is 0.268. The van der Waals surface area contributed by atoms with Gasteiger partial charge in [-0.05, 0) is 38.3 Å². The smallest absolute Gasteiger partial charge is 0.243 e. The van der Waals surface area contributed by atoms with Crippen LogP contribution in [-0.2, 0) is 16.6 Å². The Morgan fingerprint density at radius 2 is 2.14 bits per heavy atom. The summed E-state index contributed by atoms with van der Waals surface area (Å²) in [5.74, 6) is 0.495. The molecule has 1 aromatic rings. The summed E-state index contributed by atoms with van der Waals surface area (Å²) in [5, 5.41) is 7.36. The molecule has 1 fully saturated rings. The van der Waals surface area contributed by atoms with Crippen LogP contribution in [0.15, 0.2) is 17.3 Å². The van der Waals surface area contributed by atoms with Crippen LogP contribution < -0.4 is 10.0 Å². The van der Waals surface area contributed by atoms with E-state index in [9.17, 15) is 8.42 Å². The maximum atomic E-state index is 12.2. The van der Waals surface area contributed by atoms with Crippen LogP contribution in [0.4, 0.5) is 0 Å². The van der Waals surface area contributed by atoms with Gasteiger partial charge < -0.3 is 5.32 Å². The predicted molar refractivity (Wildman–Crippen MR) is 82.5 cm³/mol. The van der Waals surface area contributed by atoms with E-state index in [0.29, 0.717) is 12.5 Å². The second-order valence-electron chi connectivity index (χ2n) is 5.65. The molecule has 6 nitrogen and oxygen atoms in total. The van der Waals surface area contributed by atoms with Crippen molar-refractivity contribution in [2.24, 2.45) is 5.92 Å². The third-order valence-corrected chi connectivity index (χ3v) is 5.33. The fraction of sp³-hybridized carbons (Fsp3) is 0.786. The molecule has 0 atom stereocenters. The quantitative estimate of drug-likeness (QED) is 0.675. The van der Waals surface area contributed by atoms with Crippen molar-refractivity contribution in [3.05, 3.63) is 12.4 Å². The molecular formula is C14H26N4O2S. The molecule has 0 amide bonds. The zero-order valence-corrected chi connectivity index (χ0v) is 13.5. The Morgan fingerprint density at radius 1 is 1.38 bits per heavy atom. The van der Waals surface area contributed by atoms with Gasteiger partial charge in [-0.2, -0.15) is 5.10 Å². The molecule has 120 valence electrons. The van der Waals surface area contributed by atoms with Crippen LogP contribution in [0.25, 0.3) is 0 Å². The largest absolute Gasteiger partial charge is 0.317 e. The molecule has 1 aliphatic rings. The van der Waals surface area contributed by atoms with Crippen molar-refractivity contribution >= 4 is 10.0 Å². The van der Waals surface area contributed by atoms with Crippen molar-refractivity contribution in [3.63, 3.8) is 0 Å². The lowest BCUT2D eigenvalue weighted by Crippen LogP contribution is -2.28. The molecule has 0 aromatic carbocycles. The van der Waals surface area contributed by atoms with Crippen LogP contribution in [-0.4, -0.2) is 37.8 Å². The number of sulfonamides is 1. The van der Waals surface area contributed by atoms with Gasteiger partial charge in [-0.25, -0.2) is 13.1 Å². The van der Waals surface area contributed by atoms with Crippen LogP contribution in [0.1, 0.15) is 39.0 Å². The van der Waals surface area contributed by atoms with Gasteiger partial charge in [0.25, 0.3) is 0 Å². The second kappa shape index (κ2) is 7.91. The standard InChI is InChI=1S/C14H26N4O2S/c1-2-15-8-5-9-18-12-14(11-16-18)21(19,20)17-10-13-6-3-4-7-13/h11-13,15,17H,2-10H2,1H3. The van der Waals surface area contributed by atoms with E-state index in [1.165, 1.54) is 19.0 Å². The molecule has 0 aliphatic heterocycles.